The molecule has 1 aromatic carbocycles. The number of hydrogen-bond acceptors (Lipinski definition) is 8. The Balaban J connectivity index is 1.46. The highest BCUT2D eigenvalue weighted by atomic mass is 32.2. The fourth-order valence-electron chi connectivity index (χ4n) is 2.70. The Bertz CT molecular complexity index is 998. The van der Waals surface area contributed by atoms with E-state index in [1.54, 1.807) is 12.1 Å². The van der Waals surface area contributed by atoms with Crippen LogP contribution in [-0.4, -0.2) is 33.1 Å². The van der Waals surface area contributed by atoms with E-state index in [4.69, 9.17) is 9.26 Å². The van der Waals surface area contributed by atoms with Gasteiger partial charge < -0.3 is 9.26 Å². The van der Waals surface area contributed by atoms with Crippen LogP contribution in [0, 0.1) is 0 Å². The van der Waals surface area contributed by atoms with Crippen LogP contribution in [0.3, 0.4) is 0 Å². The SMILES string of the molecule is C=CCSc1nnc(NC(=O)c2cc(-c3ccc4c(c3)C[C@H](C)O4)on2)s1. The van der Waals surface area contributed by atoms with E-state index in [0.717, 1.165) is 33.4 Å². The lowest BCUT2D eigenvalue weighted by molar-refractivity contribution is 0.101. The van der Waals surface area contributed by atoms with E-state index in [9.17, 15) is 4.79 Å². The minimum absolute atomic E-state index is 0.174. The lowest BCUT2D eigenvalue weighted by Crippen LogP contribution is -2.11. The van der Waals surface area contributed by atoms with Crippen molar-refractivity contribution in [2.24, 2.45) is 0 Å². The van der Waals surface area contributed by atoms with Gasteiger partial charge in [-0.1, -0.05) is 34.3 Å². The maximum Gasteiger partial charge on any atom is 0.279 e. The van der Waals surface area contributed by atoms with E-state index >= 15 is 0 Å². The predicted octanol–water partition coefficient (Wildman–Crippen LogP) is 4.05. The van der Waals surface area contributed by atoms with Crippen molar-refractivity contribution in [3.05, 3.63) is 48.2 Å². The maximum atomic E-state index is 12.4. The molecule has 0 fully saturated rings. The van der Waals surface area contributed by atoms with Gasteiger partial charge in [0, 0.05) is 23.8 Å². The molecular weight excluding hydrogens is 384 g/mol. The van der Waals surface area contributed by atoms with Gasteiger partial charge in [-0.2, -0.15) is 0 Å². The van der Waals surface area contributed by atoms with Crippen LogP contribution >= 0.6 is 23.1 Å². The maximum absolute atomic E-state index is 12.4. The van der Waals surface area contributed by atoms with Gasteiger partial charge in [0.1, 0.15) is 11.9 Å². The number of nitrogens with zero attached hydrogens (tertiary/aromatic N) is 3. The highest BCUT2D eigenvalue weighted by molar-refractivity contribution is 8.01. The van der Waals surface area contributed by atoms with Gasteiger partial charge in [-0.25, -0.2) is 0 Å². The van der Waals surface area contributed by atoms with E-state index in [1.807, 2.05) is 25.1 Å². The molecule has 27 heavy (non-hydrogen) atoms. The molecule has 0 bridgehead atoms. The zero-order chi connectivity index (χ0) is 18.8. The summed E-state index contributed by atoms with van der Waals surface area (Å²) in [7, 11) is 0. The van der Waals surface area contributed by atoms with Gasteiger partial charge in [-0.3, -0.25) is 10.1 Å². The number of carbonyl (C=O) groups is 1. The van der Waals surface area contributed by atoms with Crippen LogP contribution in [0.5, 0.6) is 5.75 Å². The smallest absolute Gasteiger partial charge is 0.279 e. The van der Waals surface area contributed by atoms with E-state index in [-0.39, 0.29) is 17.7 Å². The van der Waals surface area contributed by atoms with Crippen molar-refractivity contribution in [2.45, 2.75) is 23.8 Å². The third-order valence-electron chi connectivity index (χ3n) is 3.87. The summed E-state index contributed by atoms with van der Waals surface area (Å²) in [5, 5.41) is 14.9. The van der Waals surface area contributed by atoms with Crippen LogP contribution in [0.2, 0.25) is 0 Å². The first-order valence-corrected chi connectivity index (χ1v) is 10.1. The van der Waals surface area contributed by atoms with Crippen molar-refractivity contribution < 1.29 is 14.1 Å². The monoisotopic (exact) mass is 400 g/mol. The summed E-state index contributed by atoms with van der Waals surface area (Å²) in [5.74, 6) is 1.77. The molecule has 0 saturated carbocycles. The van der Waals surface area contributed by atoms with Gasteiger partial charge in [-0.05, 0) is 30.7 Å². The number of nitrogens with one attached hydrogen (secondary N) is 1. The first-order chi connectivity index (χ1) is 13.1. The Kier molecular flexibility index (Phi) is 4.95. The molecule has 138 valence electrons. The van der Waals surface area contributed by atoms with Crippen molar-refractivity contribution >= 4 is 34.1 Å². The number of fused-ring (bicyclic) bond motifs is 1. The lowest BCUT2D eigenvalue weighted by atomic mass is 10.1. The largest absolute Gasteiger partial charge is 0.490 e. The van der Waals surface area contributed by atoms with E-state index in [1.165, 1.54) is 23.1 Å². The number of amides is 1. The van der Waals surface area contributed by atoms with Gasteiger partial charge in [0.2, 0.25) is 5.13 Å². The first kappa shape index (κ1) is 17.7. The Morgan fingerprint density at radius 2 is 2.33 bits per heavy atom. The molecule has 9 heteroatoms. The molecule has 0 saturated heterocycles. The normalized spacial score (nSPS) is 15.2. The summed E-state index contributed by atoms with van der Waals surface area (Å²) >= 11 is 2.81. The fourth-order valence-corrected chi connectivity index (χ4v) is 4.21. The molecular formula is C18H16N4O3S2. The van der Waals surface area contributed by atoms with Crippen LogP contribution in [0.4, 0.5) is 5.13 Å². The number of thioether (sulfide) groups is 1. The van der Waals surface area contributed by atoms with Crippen LogP contribution in [0.1, 0.15) is 23.0 Å². The van der Waals surface area contributed by atoms with Gasteiger partial charge in [0.25, 0.3) is 5.91 Å². The molecule has 0 spiro atoms. The molecule has 1 N–H and O–H groups in total. The number of anilines is 1. The Labute approximate surface area is 163 Å². The highest BCUT2D eigenvalue weighted by Crippen LogP contribution is 2.33. The summed E-state index contributed by atoms with van der Waals surface area (Å²) < 4.78 is 11.8. The molecule has 1 aliphatic heterocycles. The zero-order valence-corrected chi connectivity index (χ0v) is 16.1. The summed E-state index contributed by atoms with van der Waals surface area (Å²) in [6, 6.07) is 7.44. The fraction of sp³-hybridized carbons (Fsp3) is 0.222. The van der Waals surface area contributed by atoms with E-state index in [0.29, 0.717) is 10.9 Å². The minimum Gasteiger partial charge on any atom is -0.490 e. The van der Waals surface area contributed by atoms with Gasteiger partial charge in [-0.15, -0.1) is 16.8 Å². The zero-order valence-electron chi connectivity index (χ0n) is 14.5. The van der Waals surface area contributed by atoms with Crippen LogP contribution in [0.25, 0.3) is 11.3 Å². The third kappa shape index (κ3) is 3.88. The quantitative estimate of drug-likeness (QED) is 0.379. The van der Waals surface area contributed by atoms with E-state index < -0.39 is 0 Å². The number of aromatic nitrogens is 3. The van der Waals surface area contributed by atoms with Gasteiger partial charge in [0.15, 0.2) is 15.8 Å². The number of carbonyl (C=O) groups excluding carboxylic acids is 1. The van der Waals surface area contributed by atoms with Crippen molar-refractivity contribution in [3.63, 3.8) is 0 Å². The first-order valence-electron chi connectivity index (χ1n) is 8.27. The topological polar surface area (TPSA) is 90.1 Å². The second-order valence-corrected chi connectivity index (χ2v) is 8.20. The number of ether oxygens (including phenoxy) is 1. The number of rotatable bonds is 6. The number of benzene rings is 1. The van der Waals surface area contributed by atoms with Crippen molar-refractivity contribution in [1.82, 2.24) is 15.4 Å². The van der Waals surface area contributed by atoms with Crippen molar-refractivity contribution in [3.8, 4) is 17.1 Å². The molecule has 1 amide bonds. The molecule has 3 aromatic rings. The Morgan fingerprint density at radius 1 is 1.44 bits per heavy atom. The van der Waals surface area contributed by atoms with Crippen molar-refractivity contribution in [2.75, 3.05) is 11.1 Å². The summed E-state index contributed by atoms with van der Waals surface area (Å²) in [5.41, 5.74) is 2.17. The molecule has 4 rings (SSSR count). The lowest BCUT2D eigenvalue weighted by Gasteiger charge is -2.02. The Morgan fingerprint density at radius 3 is 3.19 bits per heavy atom. The standard InChI is InChI=1S/C18H16N4O3S2/c1-3-6-26-18-21-20-17(27-18)19-16(23)13-9-15(25-22-13)11-4-5-14-12(8-11)7-10(2)24-14/h3-5,8-10H,1,6-7H2,2H3,(H,19,20,23)/t10-/m0/s1. The average Bonchev–Trinajstić information content (AvgIpc) is 3.38. The van der Waals surface area contributed by atoms with Crippen LogP contribution < -0.4 is 10.1 Å². The molecule has 3 heterocycles. The Hall–Kier alpha value is -2.65. The predicted molar refractivity (Wildman–Crippen MR) is 105 cm³/mol. The van der Waals surface area contributed by atoms with Gasteiger partial charge in [0.05, 0.1) is 0 Å². The van der Waals surface area contributed by atoms with Crippen LogP contribution in [0.15, 0.2) is 45.8 Å². The molecule has 1 atom stereocenters. The molecule has 0 radical (unpaired) electrons. The third-order valence-corrected chi connectivity index (χ3v) is 5.84. The summed E-state index contributed by atoms with van der Waals surface area (Å²) in [6.07, 6.45) is 2.81. The molecule has 0 aliphatic carbocycles. The number of hydrogen-bond donors (Lipinski definition) is 1. The molecule has 7 nitrogen and oxygen atoms in total. The average molecular weight is 400 g/mol. The second-order valence-electron chi connectivity index (χ2n) is 5.96. The molecule has 0 unspecified atom stereocenters. The highest BCUT2D eigenvalue weighted by Gasteiger charge is 2.21. The summed E-state index contributed by atoms with van der Waals surface area (Å²) in [6.45, 7) is 5.69. The molecule has 2 aromatic heterocycles. The van der Waals surface area contributed by atoms with Crippen molar-refractivity contribution in [1.29, 1.82) is 0 Å². The second kappa shape index (κ2) is 7.53. The summed E-state index contributed by atoms with van der Waals surface area (Å²) in [4.78, 5) is 12.4. The molecule has 1 aliphatic rings. The van der Waals surface area contributed by atoms with Gasteiger partial charge >= 0.3 is 0 Å². The minimum atomic E-state index is -0.389. The van der Waals surface area contributed by atoms with Crippen LogP contribution in [-0.2, 0) is 6.42 Å². The van der Waals surface area contributed by atoms with E-state index in [2.05, 4.69) is 27.2 Å².